The average Bonchev–Trinajstić information content (AvgIpc) is 2.36. The van der Waals surface area contributed by atoms with E-state index in [0.717, 1.165) is 12.8 Å². The van der Waals surface area contributed by atoms with E-state index < -0.39 is 0 Å². The minimum absolute atomic E-state index is 0. The number of pyridine rings is 1. The van der Waals surface area contributed by atoms with Gasteiger partial charge < -0.3 is 11.1 Å². The smallest absolute Gasteiger partial charge is 0.271 e. The van der Waals surface area contributed by atoms with E-state index in [9.17, 15) is 4.79 Å². The Labute approximate surface area is 122 Å². The van der Waals surface area contributed by atoms with E-state index in [0.29, 0.717) is 16.7 Å². The van der Waals surface area contributed by atoms with Gasteiger partial charge in [-0.1, -0.05) is 13.8 Å². The van der Waals surface area contributed by atoms with Crippen LogP contribution in [0, 0.1) is 0 Å². The number of halogens is 2. The van der Waals surface area contributed by atoms with Crippen molar-refractivity contribution in [3.63, 3.8) is 0 Å². The zero-order valence-electron chi connectivity index (χ0n) is 10.6. The van der Waals surface area contributed by atoms with Crippen LogP contribution in [-0.4, -0.2) is 23.0 Å². The Kier molecular flexibility index (Phi) is 7.43. The molecule has 1 rings (SSSR count). The first kappa shape index (κ1) is 17.4. The molecule has 0 atom stereocenters. The van der Waals surface area contributed by atoms with Gasteiger partial charge in [-0.15, -0.1) is 12.4 Å². The molecule has 0 unspecified atom stereocenters. The van der Waals surface area contributed by atoms with Gasteiger partial charge in [0.15, 0.2) is 0 Å². The van der Waals surface area contributed by atoms with Gasteiger partial charge in [-0.05, 0) is 40.9 Å². The summed E-state index contributed by atoms with van der Waals surface area (Å²) in [5.74, 6) is -0.200. The summed E-state index contributed by atoms with van der Waals surface area (Å²) in [6.07, 6.45) is 3.25. The van der Waals surface area contributed by atoms with Crippen molar-refractivity contribution in [3.8, 4) is 0 Å². The molecule has 1 amide bonds. The molecular weight excluding hydrogens is 318 g/mol. The fourth-order valence-electron chi connectivity index (χ4n) is 1.39. The van der Waals surface area contributed by atoms with Gasteiger partial charge in [0.25, 0.3) is 5.91 Å². The molecule has 102 valence electrons. The Bertz CT molecular complexity index is 397. The number of nitrogens with zero attached hydrogens (tertiary/aromatic N) is 1. The summed E-state index contributed by atoms with van der Waals surface area (Å²) >= 11 is 3.30. The highest BCUT2D eigenvalue weighted by Crippen LogP contribution is 2.14. The van der Waals surface area contributed by atoms with E-state index in [2.05, 4.69) is 26.2 Å². The molecule has 0 aliphatic rings. The third-order valence-corrected chi connectivity index (χ3v) is 3.62. The van der Waals surface area contributed by atoms with Crippen LogP contribution in [0.25, 0.3) is 0 Å². The lowest BCUT2D eigenvalue weighted by molar-refractivity contribution is 0.0936. The van der Waals surface area contributed by atoms with E-state index in [4.69, 9.17) is 5.73 Å². The molecule has 0 spiro atoms. The van der Waals surface area contributed by atoms with E-state index in [-0.39, 0.29) is 23.9 Å². The predicted octanol–water partition coefficient (Wildman–Crippen LogP) is 2.51. The lowest BCUT2D eigenvalue weighted by atomic mass is 9.94. The minimum Gasteiger partial charge on any atom is -0.349 e. The van der Waals surface area contributed by atoms with Gasteiger partial charge in [-0.2, -0.15) is 0 Å². The van der Waals surface area contributed by atoms with Gasteiger partial charge in [0.1, 0.15) is 5.69 Å². The van der Waals surface area contributed by atoms with Gasteiger partial charge in [0.2, 0.25) is 0 Å². The van der Waals surface area contributed by atoms with Crippen LogP contribution in [0.4, 0.5) is 0 Å². The van der Waals surface area contributed by atoms with Crippen molar-refractivity contribution in [1.82, 2.24) is 10.3 Å². The molecule has 4 nitrogen and oxygen atoms in total. The maximum absolute atomic E-state index is 11.9. The Hall–Kier alpha value is -0.650. The van der Waals surface area contributed by atoms with E-state index >= 15 is 0 Å². The van der Waals surface area contributed by atoms with Crippen LogP contribution in [0.2, 0.25) is 0 Å². The van der Waals surface area contributed by atoms with E-state index in [1.807, 2.05) is 13.8 Å². The summed E-state index contributed by atoms with van der Waals surface area (Å²) in [4.78, 5) is 15.9. The third kappa shape index (κ3) is 4.55. The van der Waals surface area contributed by atoms with Gasteiger partial charge in [0, 0.05) is 22.8 Å². The Morgan fingerprint density at radius 2 is 2.11 bits per heavy atom. The molecule has 18 heavy (non-hydrogen) atoms. The molecule has 0 radical (unpaired) electrons. The van der Waals surface area contributed by atoms with Crippen LogP contribution in [0.15, 0.2) is 22.8 Å². The third-order valence-electron chi connectivity index (χ3n) is 2.98. The molecule has 0 aliphatic carbocycles. The summed E-state index contributed by atoms with van der Waals surface area (Å²) in [5, 5.41) is 2.83. The summed E-state index contributed by atoms with van der Waals surface area (Å²) < 4.78 is 0.688. The molecule has 0 aromatic carbocycles. The summed E-state index contributed by atoms with van der Waals surface area (Å²) in [6.45, 7) is 4.50. The zero-order valence-corrected chi connectivity index (χ0v) is 13.0. The second-order valence-electron chi connectivity index (χ2n) is 4.09. The van der Waals surface area contributed by atoms with Crippen molar-refractivity contribution in [2.24, 2.45) is 5.73 Å². The molecule has 0 bridgehead atoms. The van der Waals surface area contributed by atoms with Crippen LogP contribution in [0.3, 0.4) is 0 Å². The maximum Gasteiger partial charge on any atom is 0.271 e. The number of aromatic nitrogens is 1. The van der Waals surface area contributed by atoms with Crippen molar-refractivity contribution in [2.45, 2.75) is 32.2 Å². The molecule has 0 fully saturated rings. The highest BCUT2D eigenvalue weighted by Gasteiger charge is 2.22. The quantitative estimate of drug-likeness (QED) is 0.868. The minimum atomic E-state index is -0.336. The predicted molar refractivity (Wildman–Crippen MR) is 79.0 cm³/mol. The molecule has 1 aromatic heterocycles. The van der Waals surface area contributed by atoms with E-state index in [1.54, 1.807) is 18.3 Å². The molecule has 1 aromatic rings. The van der Waals surface area contributed by atoms with Crippen LogP contribution in [-0.2, 0) is 0 Å². The standard InChI is InChI=1S/C12H18BrN3O.ClH/c1-3-12(14,4-2)8-16-11(17)10-9(13)6-5-7-15-10;/h5-7H,3-4,8,14H2,1-2H3,(H,16,17);1H. The maximum atomic E-state index is 11.9. The summed E-state index contributed by atoms with van der Waals surface area (Å²) in [7, 11) is 0. The number of nitrogens with two attached hydrogens (primary N) is 1. The van der Waals surface area contributed by atoms with Crippen molar-refractivity contribution >= 4 is 34.2 Å². The van der Waals surface area contributed by atoms with Gasteiger partial charge >= 0.3 is 0 Å². The number of carbonyl (C=O) groups excluding carboxylic acids is 1. The number of rotatable bonds is 5. The highest BCUT2D eigenvalue weighted by molar-refractivity contribution is 9.10. The Morgan fingerprint density at radius 1 is 1.50 bits per heavy atom. The second-order valence-corrected chi connectivity index (χ2v) is 4.94. The molecule has 3 N–H and O–H groups in total. The Balaban J connectivity index is 0.00000289. The molecule has 0 saturated heterocycles. The number of hydrogen-bond donors (Lipinski definition) is 2. The number of hydrogen-bond acceptors (Lipinski definition) is 3. The van der Waals surface area contributed by atoms with Crippen LogP contribution >= 0.6 is 28.3 Å². The first-order chi connectivity index (χ1) is 8.02. The topological polar surface area (TPSA) is 68.0 Å². The molecule has 0 saturated carbocycles. The summed E-state index contributed by atoms with van der Waals surface area (Å²) in [6, 6.07) is 3.56. The van der Waals surface area contributed by atoms with Crippen molar-refractivity contribution in [2.75, 3.05) is 6.54 Å². The van der Waals surface area contributed by atoms with Crippen LogP contribution in [0.1, 0.15) is 37.2 Å². The lowest BCUT2D eigenvalue weighted by Gasteiger charge is -2.26. The fraction of sp³-hybridized carbons (Fsp3) is 0.500. The molecular formula is C12H19BrClN3O. The largest absolute Gasteiger partial charge is 0.349 e. The van der Waals surface area contributed by atoms with Crippen molar-refractivity contribution in [1.29, 1.82) is 0 Å². The van der Waals surface area contributed by atoms with Crippen molar-refractivity contribution < 1.29 is 4.79 Å². The number of nitrogens with one attached hydrogen (secondary N) is 1. The first-order valence-electron chi connectivity index (χ1n) is 5.70. The highest BCUT2D eigenvalue weighted by atomic mass is 79.9. The Morgan fingerprint density at radius 3 is 2.61 bits per heavy atom. The molecule has 6 heteroatoms. The number of carbonyl (C=O) groups is 1. The van der Waals surface area contributed by atoms with Gasteiger partial charge in [-0.25, -0.2) is 4.98 Å². The van der Waals surface area contributed by atoms with Gasteiger partial charge in [-0.3, -0.25) is 4.79 Å². The normalized spacial score (nSPS) is 10.7. The van der Waals surface area contributed by atoms with Crippen molar-refractivity contribution in [3.05, 3.63) is 28.5 Å². The average molecular weight is 337 g/mol. The molecule has 1 heterocycles. The monoisotopic (exact) mass is 335 g/mol. The fourth-order valence-corrected chi connectivity index (χ4v) is 1.83. The lowest BCUT2D eigenvalue weighted by Crippen LogP contribution is -2.49. The second kappa shape index (κ2) is 7.71. The zero-order chi connectivity index (χ0) is 12.9. The van der Waals surface area contributed by atoms with Crippen LogP contribution in [0.5, 0.6) is 0 Å². The van der Waals surface area contributed by atoms with Crippen LogP contribution < -0.4 is 11.1 Å². The molecule has 0 aliphatic heterocycles. The summed E-state index contributed by atoms with van der Waals surface area (Å²) in [5.41, 5.74) is 6.17. The number of amides is 1. The SMILES string of the molecule is CCC(N)(CC)CNC(=O)c1ncccc1Br.Cl. The first-order valence-corrected chi connectivity index (χ1v) is 6.49. The van der Waals surface area contributed by atoms with E-state index in [1.165, 1.54) is 0 Å². The van der Waals surface area contributed by atoms with Gasteiger partial charge in [0.05, 0.1) is 0 Å².